The fourth-order valence-electron chi connectivity index (χ4n) is 3.48. The van der Waals surface area contributed by atoms with Crippen molar-refractivity contribution in [1.29, 1.82) is 0 Å². The highest BCUT2D eigenvalue weighted by Crippen LogP contribution is 2.21. The number of nitrogens with zero attached hydrogens (tertiary/aromatic N) is 2. The summed E-state index contributed by atoms with van der Waals surface area (Å²) in [5.41, 5.74) is 1.55. The summed E-state index contributed by atoms with van der Waals surface area (Å²) in [5, 5.41) is 1.07. The van der Waals surface area contributed by atoms with Crippen LogP contribution in [0.3, 0.4) is 0 Å². The Morgan fingerprint density at radius 3 is 2.61 bits per heavy atom. The van der Waals surface area contributed by atoms with Crippen molar-refractivity contribution >= 4 is 22.6 Å². The van der Waals surface area contributed by atoms with Gasteiger partial charge in [0.15, 0.2) is 5.78 Å². The molecule has 1 aliphatic heterocycles. The number of benzene rings is 2. The lowest BCUT2D eigenvalue weighted by molar-refractivity contribution is -0.130. The number of para-hydroxylation sites is 1. The van der Waals surface area contributed by atoms with E-state index < -0.39 is 0 Å². The molecule has 0 radical (unpaired) electrons. The summed E-state index contributed by atoms with van der Waals surface area (Å²) < 4.78 is 5.99. The number of ether oxygens (including phenoxy) is 1. The van der Waals surface area contributed by atoms with Crippen LogP contribution in [0.4, 0.5) is 0 Å². The molecule has 28 heavy (non-hydrogen) atoms. The van der Waals surface area contributed by atoms with Crippen molar-refractivity contribution in [2.45, 2.75) is 25.4 Å². The van der Waals surface area contributed by atoms with Crippen LogP contribution in [0.2, 0.25) is 0 Å². The molecule has 0 aliphatic carbocycles. The van der Waals surface area contributed by atoms with E-state index in [1.807, 2.05) is 54.6 Å². The Hall–Kier alpha value is -3.21. The first-order valence-corrected chi connectivity index (χ1v) is 9.57. The maximum atomic E-state index is 12.5. The highest BCUT2D eigenvalue weighted by molar-refractivity contribution is 5.97. The lowest BCUT2D eigenvalue weighted by Gasteiger charge is -2.17. The summed E-state index contributed by atoms with van der Waals surface area (Å²) >= 11 is 0. The molecular formula is C23H22N2O3. The molecule has 5 heteroatoms. The number of amides is 1. The lowest BCUT2D eigenvalue weighted by atomic mass is 10.1. The maximum absolute atomic E-state index is 12.5. The fraction of sp³-hybridized carbons (Fsp3) is 0.261. The summed E-state index contributed by atoms with van der Waals surface area (Å²) in [4.78, 5) is 30.9. The highest BCUT2D eigenvalue weighted by Gasteiger charge is 2.28. The molecule has 1 amide bonds. The highest BCUT2D eigenvalue weighted by atomic mass is 16.5. The Bertz CT molecular complexity index is 987. The van der Waals surface area contributed by atoms with E-state index in [4.69, 9.17) is 4.74 Å². The second-order valence-electron chi connectivity index (χ2n) is 7.00. The number of hydrogen-bond acceptors (Lipinski definition) is 4. The Morgan fingerprint density at radius 1 is 0.964 bits per heavy atom. The zero-order valence-corrected chi connectivity index (χ0v) is 15.6. The molecule has 1 aromatic heterocycles. The van der Waals surface area contributed by atoms with Crippen molar-refractivity contribution in [2.75, 3.05) is 13.1 Å². The van der Waals surface area contributed by atoms with Gasteiger partial charge in [0.05, 0.1) is 12.1 Å². The average molecular weight is 374 g/mol. The standard InChI is InChI=1S/C23H22N2O3/c26-21(18-7-2-1-3-8-18)11-13-23(27)25-15-14-19(16-25)28-22-12-10-17-6-4-5-9-20(17)24-22/h1-10,12,19H,11,13-16H2/t19-/m0/s1. The normalized spacial score (nSPS) is 16.3. The number of Topliss-reactive ketones (excluding diaryl/α,β-unsaturated/α-hetero) is 1. The monoisotopic (exact) mass is 374 g/mol. The summed E-state index contributed by atoms with van der Waals surface area (Å²) in [6.45, 7) is 1.18. The molecule has 1 fully saturated rings. The molecule has 1 aliphatic rings. The van der Waals surface area contributed by atoms with E-state index in [1.54, 1.807) is 17.0 Å². The number of rotatable bonds is 6. The molecule has 1 atom stereocenters. The fourth-order valence-corrected chi connectivity index (χ4v) is 3.48. The predicted molar refractivity (Wildman–Crippen MR) is 107 cm³/mol. The number of carbonyl (C=O) groups excluding carboxylic acids is 2. The van der Waals surface area contributed by atoms with E-state index in [-0.39, 0.29) is 30.6 Å². The molecule has 0 N–H and O–H groups in total. The van der Waals surface area contributed by atoms with Crippen LogP contribution in [-0.4, -0.2) is 40.8 Å². The van der Waals surface area contributed by atoms with Gasteiger partial charge in [0, 0.05) is 42.8 Å². The van der Waals surface area contributed by atoms with Crippen LogP contribution < -0.4 is 4.74 Å². The zero-order valence-electron chi connectivity index (χ0n) is 15.6. The smallest absolute Gasteiger partial charge is 0.223 e. The second-order valence-corrected chi connectivity index (χ2v) is 7.00. The molecule has 4 rings (SSSR count). The summed E-state index contributed by atoms with van der Waals surface area (Å²) in [7, 11) is 0. The van der Waals surface area contributed by atoms with Gasteiger partial charge in [-0.2, -0.15) is 0 Å². The largest absolute Gasteiger partial charge is 0.472 e. The first-order chi connectivity index (χ1) is 13.7. The van der Waals surface area contributed by atoms with Crippen molar-refractivity contribution in [3.05, 3.63) is 72.3 Å². The Morgan fingerprint density at radius 2 is 1.75 bits per heavy atom. The van der Waals surface area contributed by atoms with Gasteiger partial charge in [-0.1, -0.05) is 48.5 Å². The molecule has 3 aromatic rings. The predicted octanol–water partition coefficient (Wildman–Crippen LogP) is 3.88. The number of ketones is 1. The van der Waals surface area contributed by atoms with Crippen LogP contribution in [0.15, 0.2) is 66.7 Å². The molecule has 1 saturated heterocycles. The van der Waals surface area contributed by atoms with Gasteiger partial charge in [-0.3, -0.25) is 9.59 Å². The third kappa shape index (κ3) is 4.19. The molecular weight excluding hydrogens is 352 g/mol. The van der Waals surface area contributed by atoms with Gasteiger partial charge in [0.2, 0.25) is 11.8 Å². The average Bonchev–Trinajstić information content (AvgIpc) is 3.21. The first kappa shape index (κ1) is 18.2. The molecule has 0 spiro atoms. The van der Waals surface area contributed by atoms with Gasteiger partial charge >= 0.3 is 0 Å². The van der Waals surface area contributed by atoms with E-state index in [0.29, 0.717) is 24.5 Å². The summed E-state index contributed by atoms with van der Waals surface area (Å²) in [6, 6.07) is 20.9. The minimum atomic E-state index is -0.0672. The third-order valence-corrected chi connectivity index (χ3v) is 5.02. The van der Waals surface area contributed by atoms with Crippen LogP contribution in [0.25, 0.3) is 10.9 Å². The van der Waals surface area contributed by atoms with E-state index >= 15 is 0 Å². The topological polar surface area (TPSA) is 59.5 Å². The van der Waals surface area contributed by atoms with E-state index in [1.165, 1.54) is 0 Å². The minimum absolute atomic E-state index is 0.00121. The van der Waals surface area contributed by atoms with Crippen molar-refractivity contribution < 1.29 is 14.3 Å². The number of aromatic nitrogens is 1. The zero-order chi connectivity index (χ0) is 19.3. The number of likely N-dealkylation sites (tertiary alicyclic amines) is 1. The van der Waals surface area contributed by atoms with Crippen LogP contribution in [0.1, 0.15) is 29.6 Å². The van der Waals surface area contributed by atoms with Crippen molar-refractivity contribution in [3.63, 3.8) is 0 Å². The number of fused-ring (bicyclic) bond motifs is 1. The first-order valence-electron chi connectivity index (χ1n) is 9.57. The minimum Gasteiger partial charge on any atom is -0.472 e. The molecule has 2 heterocycles. The number of pyridine rings is 1. The maximum Gasteiger partial charge on any atom is 0.223 e. The van der Waals surface area contributed by atoms with Gasteiger partial charge < -0.3 is 9.64 Å². The second kappa shape index (κ2) is 8.21. The lowest BCUT2D eigenvalue weighted by Crippen LogP contribution is -2.31. The van der Waals surface area contributed by atoms with Crippen LogP contribution in [0, 0.1) is 0 Å². The van der Waals surface area contributed by atoms with Crippen LogP contribution >= 0.6 is 0 Å². The number of carbonyl (C=O) groups is 2. The SMILES string of the molecule is O=C(CCC(=O)N1CC[C@H](Oc2ccc3ccccc3n2)C1)c1ccccc1. The molecule has 0 saturated carbocycles. The van der Waals surface area contributed by atoms with Gasteiger partial charge in [-0.15, -0.1) is 0 Å². The molecule has 142 valence electrons. The van der Waals surface area contributed by atoms with Crippen molar-refractivity contribution in [3.8, 4) is 5.88 Å². The van der Waals surface area contributed by atoms with Gasteiger partial charge in [-0.05, 0) is 12.1 Å². The van der Waals surface area contributed by atoms with Gasteiger partial charge in [-0.25, -0.2) is 4.98 Å². The van der Waals surface area contributed by atoms with Gasteiger partial charge in [0.1, 0.15) is 6.10 Å². The molecule has 2 aromatic carbocycles. The molecule has 5 nitrogen and oxygen atoms in total. The van der Waals surface area contributed by atoms with Crippen LogP contribution in [-0.2, 0) is 4.79 Å². The molecule has 0 bridgehead atoms. The Balaban J connectivity index is 1.29. The van der Waals surface area contributed by atoms with E-state index in [0.717, 1.165) is 17.3 Å². The molecule has 0 unspecified atom stereocenters. The van der Waals surface area contributed by atoms with Crippen molar-refractivity contribution in [1.82, 2.24) is 9.88 Å². The van der Waals surface area contributed by atoms with Crippen LogP contribution in [0.5, 0.6) is 5.88 Å². The third-order valence-electron chi connectivity index (χ3n) is 5.02. The quantitative estimate of drug-likeness (QED) is 0.615. The Kier molecular flexibility index (Phi) is 5.33. The summed E-state index contributed by atoms with van der Waals surface area (Å²) in [5.74, 6) is 0.584. The van der Waals surface area contributed by atoms with Gasteiger partial charge in [0.25, 0.3) is 0 Å². The number of hydrogen-bond donors (Lipinski definition) is 0. The Labute approximate surface area is 163 Å². The van der Waals surface area contributed by atoms with Crippen molar-refractivity contribution in [2.24, 2.45) is 0 Å². The summed E-state index contributed by atoms with van der Waals surface area (Å²) in [6.07, 6.45) is 1.17. The van der Waals surface area contributed by atoms with E-state index in [2.05, 4.69) is 4.98 Å². The van der Waals surface area contributed by atoms with E-state index in [9.17, 15) is 9.59 Å².